The van der Waals surface area contributed by atoms with E-state index in [1.807, 2.05) is 6.07 Å². The SMILES string of the molecule is CC1(C)CCC(C(=O)O)C(Cc2cccc(F)c2Br)C1. The molecular weight excluding hydrogens is 323 g/mol. The molecule has 1 fully saturated rings. The Morgan fingerprint density at radius 3 is 2.85 bits per heavy atom. The topological polar surface area (TPSA) is 37.3 Å². The minimum Gasteiger partial charge on any atom is -0.481 e. The Hall–Kier alpha value is -0.900. The molecule has 2 atom stereocenters. The van der Waals surface area contributed by atoms with Gasteiger partial charge in [0, 0.05) is 0 Å². The molecule has 4 heteroatoms. The summed E-state index contributed by atoms with van der Waals surface area (Å²) in [7, 11) is 0. The molecule has 1 aliphatic carbocycles. The summed E-state index contributed by atoms with van der Waals surface area (Å²) in [5, 5.41) is 9.39. The molecule has 0 amide bonds. The molecule has 0 saturated heterocycles. The number of hydrogen-bond acceptors (Lipinski definition) is 1. The predicted octanol–water partition coefficient (Wildman–Crippen LogP) is 4.66. The lowest BCUT2D eigenvalue weighted by Gasteiger charge is -2.39. The van der Waals surface area contributed by atoms with E-state index in [4.69, 9.17) is 0 Å². The second-order valence-corrected chi connectivity index (χ2v) is 7.32. The first-order valence-electron chi connectivity index (χ1n) is 6.96. The van der Waals surface area contributed by atoms with E-state index in [-0.39, 0.29) is 23.1 Å². The summed E-state index contributed by atoms with van der Waals surface area (Å²) in [5.41, 5.74) is 1.02. The normalized spacial score (nSPS) is 25.4. The van der Waals surface area contributed by atoms with Gasteiger partial charge in [-0.1, -0.05) is 26.0 Å². The Labute approximate surface area is 127 Å². The average Bonchev–Trinajstić information content (AvgIpc) is 2.33. The highest BCUT2D eigenvalue weighted by molar-refractivity contribution is 9.10. The first-order chi connectivity index (χ1) is 9.30. The molecule has 1 aliphatic rings. The quantitative estimate of drug-likeness (QED) is 0.867. The lowest BCUT2D eigenvalue weighted by Crippen LogP contribution is -2.35. The van der Waals surface area contributed by atoms with Crippen molar-refractivity contribution in [1.29, 1.82) is 0 Å². The highest BCUT2D eigenvalue weighted by Crippen LogP contribution is 2.43. The van der Waals surface area contributed by atoms with Crippen LogP contribution in [-0.4, -0.2) is 11.1 Å². The van der Waals surface area contributed by atoms with Gasteiger partial charge in [0.1, 0.15) is 5.82 Å². The van der Waals surface area contributed by atoms with Crippen molar-refractivity contribution in [3.8, 4) is 0 Å². The van der Waals surface area contributed by atoms with Gasteiger partial charge in [-0.15, -0.1) is 0 Å². The van der Waals surface area contributed by atoms with Crippen LogP contribution in [0.4, 0.5) is 4.39 Å². The number of carboxylic acid groups (broad SMARTS) is 1. The van der Waals surface area contributed by atoms with E-state index >= 15 is 0 Å². The van der Waals surface area contributed by atoms with Gasteiger partial charge in [0.25, 0.3) is 0 Å². The van der Waals surface area contributed by atoms with Crippen molar-refractivity contribution in [2.45, 2.75) is 39.5 Å². The molecule has 2 nitrogen and oxygen atoms in total. The smallest absolute Gasteiger partial charge is 0.306 e. The first-order valence-corrected chi connectivity index (χ1v) is 7.75. The molecule has 1 aromatic rings. The molecule has 2 rings (SSSR count). The maximum Gasteiger partial charge on any atom is 0.306 e. The van der Waals surface area contributed by atoms with E-state index in [1.165, 1.54) is 6.07 Å². The molecule has 0 bridgehead atoms. The minimum absolute atomic E-state index is 0.0642. The summed E-state index contributed by atoms with van der Waals surface area (Å²) in [4.78, 5) is 11.4. The standard InChI is InChI=1S/C16H20BrFO2/c1-16(2)7-6-12(15(19)20)11(9-16)8-10-4-3-5-13(18)14(10)17/h3-5,11-12H,6-9H2,1-2H3,(H,19,20). The Balaban J connectivity index is 2.23. The first kappa shape index (κ1) is 15.5. The van der Waals surface area contributed by atoms with Crippen LogP contribution in [0.15, 0.2) is 22.7 Å². The third kappa shape index (κ3) is 3.40. The molecule has 0 heterocycles. The number of rotatable bonds is 3. The number of hydrogen-bond donors (Lipinski definition) is 1. The highest BCUT2D eigenvalue weighted by Gasteiger charge is 2.38. The molecule has 1 N–H and O–H groups in total. The molecule has 20 heavy (non-hydrogen) atoms. The Kier molecular flexibility index (Phi) is 4.52. The molecule has 1 saturated carbocycles. The molecular formula is C16H20BrFO2. The van der Waals surface area contributed by atoms with Crippen molar-refractivity contribution in [1.82, 2.24) is 0 Å². The van der Waals surface area contributed by atoms with Gasteiger partial charge in [-0.05, 0) is 64.6 Å². The summed E-state index contributed by atoms with van der Waals surface area (Å²) >= 11 is 3.27. The van der Waals surface area contributed by atoms with Crippen LogP contribution < -0.4 is 0 Å². The fraction of sp³-hybridized carbons (Fsp3) is 0.562. The number of carbonyl (C=O) groups is 1. The van der Waals surface area contributed by atoms with E-state index in [1.54, 1.807) is 6.07 Å². The highest BCUT2D eigenvalue weighted by atomic mass is 79.9. The monoisotopic (exact) mass is 342 g/mol. The summed E-state index contributed by atoms with van der Waals surface area (Å²) in [6, 6.07) is 4.96. The van der Waals surface area contributed by atoms with Gasteiger partial charge in [-0.3, -0.25) is 4.79 Å². The van der Waals surface area contributed by atoms with Crippen LogP contribution in [0.5, 0.6) is 0 Å². The van der Waals surface area contributed by atoms with Gasteiger partial charge in [0.2, 0.25) is 0 Å². The Morgan fingerprint density at radius 2 is 2.20 bits per heavy atom. The minimum atomic E-state index is -0.724. The van der Waals surface area contributed by atoms with E-state index in [0.717, 1.165) is 18.4 Å². The zero-order valence-corrected chi connectivity index (χ0v) is 13.4. The Bertz CT molecular complexity index is 513. The number of carboxylic acids is 1. The van der Waals surface area contributed by atoms with Crippen molar-refractivity contribution < 1.29 is 14.3 Å². The summed E-state index contributed by atoms with van der Waals surface area (Å²) in [6.45, 7) is 4.36. The van der Waals surface area contributed by atoms with Gasteiger partial charge in [0.05, 0.1) is 10.4 Å². The predicted molar refractivity (Wildman–Crippen MR) is 80.1 cm³/mol. The van der Waals surface area contributed by atoms with E-state index in [2.05, 4.69) is 29.8 Å². The van der Waals surface area contributed by atoms with E-state index < -0.39 is 5.97 Å². The van der Waals surface area contributed by atoms with Crippen LogP contribution in [0, 0.1) is 23.1 Å². The molecule has 0 spiro atoms. The van der Waals surface area contributed by atoms with Gasteiger partial charge in [-0.25, -0.2) is 4.39 Å². The Morgan fingerprint density at radius 1 is 1.50 bits per heavy atom. The maximum atomic E-state index is 13.6. The van der Waals surface area contributed by atoms with Crippen LogP contribution >= 0.6 is 15.9 Å². The molecule has 0 radical (unpaired) electrons. The fourth-order valence-corrected chi connectivity index (χ4v) is 3.69. The van der Waals surface area contributed by atoms with Crippen LogP contribution in [-0.2, 0) is 11.2 Å². The van der Waals surface area contributed by atoms with Crippen molar-refractivity contribution in [3.63, 3.8) is 0 Å². The zero-order valence-electron chi connectivity index (χ0n) is 11.8. The van der Waals surface area contributed by atoms with Crippen molar-refractivity contribution >= 4 is 21.9 Å². The summed E-state index contributed by atoms with van der Waals surface area (Å²) in [6.07, 6.45) is 3.12. The fourth-order valence-electron chi connectivity index (χ4n) is 3.26. The van der Waals surface area contributed by atoms with Gasteiger partial charge < -0.3 is 5.11 Å². The zero-order chi connectivity index (χ0) is 14.9. The summed E-state index contributed by atoms with van der Waals surface area (Å²) in [5.74, 6) is -1.27. The van der Waals surface area contributed by atoms with E-state index in [9.17, 15) is 14.3 Å². The van der Waals surface area contributed by atoms with Crippen molar-refractivity contribution in [3.05, 3.63) is 34.1 Å². The number of benzene rings is 1. The van der Waals surface area contributed by atoms with Crippen LogP contribution in [0.2, 0.25) is 0 Å². The largest absolute Gasteiger partial charge is 0.481 e. The van der Waals surface area contributed by atoms with Crippen LogP contribution in [0.25, 0.3) is 0 Å². The van der Waals surface area contributed by atoms with E-state index in [0.29, 0.717) is 17.3 Å². The lowest BCUT2D eigenvalue weighted by atomic mass is 9.65. The third-order valence-electron chi connectivity index (χ3n) is 4.35. The van der Waals surface area contributed by atoms with Crippen LogP contribution in [0.1, 0.15) is 38.7 Å². The van der Waals surface area contributed by atoms with Gasteiger partial charge in [0.15, 0.2) is 0 Å². The van der Waals surface area contributed by atoms with Crippen molar-refractivity contribution in [2.24, 2.45) is 17.3 Å². The molecule has 1 aromatic carbocycles. The second-order valence-electron chi connectivity index (χ2n) is 6.53. The lowest BCUT2D eigenvalue weighted by molar-refractivity contribution is -0.146. The second kappa shape index (κ2) is 5.84. The van der Waals surface area contributed by atoms with Crippen molar-refractivity contribution in [2.75, 3.05) is 0 Å². The third-order valence-corrected chi connectivity index (χ3v) is 5.23. The number of halogens is 2. The number of aliphatic carboxylic acids is 1. The summed E-state index contributed by atoms with van der Waals surface area (Å²) < 4.78 is 14.0. The molecule has 0 aliphatic heterocycles. The molecule has 110 valence electrons. The van der Waals surface area contributed by atoms with Crippen LogP contribution in [0.3, 0.4) is 0 Å². The molecule has 2 unspecified atom stereocenters. The maximum absolute atomic E-state index is 13.6. The average molecular weight is 343 g/mol. The molecule has 0 aromatic heterocycles. The van der Waals surface area contributed by atoms with Gasteiger partial charge >= 0.3 is 5.97 Å². The van der Waals surface area contributed by atoms with Gasteiger partial charge in [-0.2, -0.15) is 0 Å².